The summed E-state index contributed by atoms with van der Waals surface area (Å²) in [6, 6.07) is 10.5. The van der Waals surface area contributed by atoms with Gasteiger partial charge >= 0.3 is 0 Å². The second-order valence-corrected chi connectivity index (χ2v) is 4.52. The molecular weight excluding hydrogens is 210 g/mol. The van der Waals surface area contributed by atoms with Gasteiger partial charge in [-0.15, -0.1) is 0 Å². The van der Waals surface area contributed by atoms with E-state index in [-0.39, 0.29) is 0 Å². The summed E-state index contributed by atoms with van der Waals surface area (Å²) >= 11 is 0. The van der Waals surface area contributed by atoms with Crippen LogP contribution >= 0.6 is 0 Å². The minimum atomic E-state index is 0.488. The summed E-state index contributed by atoms with van der Waals surface area (Å²) < 4.78 is 1.84. The van der Waals surface area contributed by atoms with E-state index >= 15 is 0 Å². The van der Waals surface area contributed by atoms with E-state index in [9.17, 15) is 0 Å². The molecule has 90 valence electrons. The smallest absolute Gasteiger partial charge is 0.0521 e. The molecular formula is C14H19N3. The summed E-state index contributed by atoms with van der Waals surface area (Å²) in [5.74, 6) is 0.488. The Labute approximate surface area is 102 Å². The molecule has 0 saturated heterocycles. The molecule has 1 aromatic carbocycles. The predicted molar refractivity (Wildman–Crippen MR) is 69.6 cm³/mol. The van der Waals surface area contributed by atoms with Crippen LogP contribution in [-0.2, 0) is 19.9 Å². The number of hydrogen-bond donors (Lipinski definition) is 1. The quantitative estimate of drug-likeness (QED) is 0.849. The first-order chi connectivity index (χ1) is 8.28. The second-order valence-electron chi connectivity index (χ2n) is 4.52. The Bertz CT molecular complexity index is 448. The summed E-state index contributed by atoms with van der Waals surface area (Å²) in [5, 5.41) is 4.19. The first kappa shape index (κ1) is 11.9. The highest BCUT2D eigenvalue weighted by Gasteiger charge is 2.09. The van der Waals surface area contributed by atoms with Crippen molar-refractivity contribution in [2.75, 3.05) is 6.54 Å². The van der Waals surface area contributed by atoms with Crippen molar-refractivity contribution in [2.45, 2.75) is 12.8 Å². The van der Waals surface area contributed by atoms with Gasteiger partial charge in [0.1, 0.15) is 0 Å². The van der Waals surface area contributed by atoms with E-state index in [1.165, 1.54) is 11.1 Å². The maximum Gasteiger partial charge on any atom is 0.0521 e. The van der Waals surface area contributed by atoms with Crippen LogP contribution in [0.15, 0.2) is 42.7 Å². The number of hydrogen-bond acceptors (Lipinski definition) is 2. The Morgan fingerprint density at radius 3 is 2.47 bits per heavy atom. The molecule has 1 unspecified atom stereocenters. The van der Waals surface area contributed by atoms with Crippen molar-refractivity contribution in [1.29, 1.82) is 0 Å². The van der Waals surface area contributed by atoms with Gasteiger partial charge in [-0.3, -0.25) is 4.68 Å². The van der Waals surface area contributed by atoms with Gasteiger partial charge in [-0.1, -0.05) is 30.3 Å². The van der Waals surface area contributed by atoms with Gasteiger partial charge in [0.25, 0.3) is 0 Å². The summed E-state index contributed by atoms with van der Waals surface area (Å²) in [7, 11) is 1.94. The molecule has 0 radical (unpaired) electrons. The van der Waals surface area contributed by atoms with Crippen LogP contribution in [0.4, 0.5) is 0 Å². The van der Waals surface area contributed by atoms with Crippen molar-refractivity contribution in [3.05, 3.63) is 53.9 Å². The number of aromatic nitrogens is 2. The fourth-order valence-electron chi connectivity index (χ4n) is 2.10. The van der Waals surface area contributed by atoms with Gasteiger partial charge in [-0.25, -0.2) is 0 Å². The zero-order valence-corrected chi connectivity index (χ0v) is 10.2. The van der Waals surface area contributed by atoms with Crippen LogP contribution in [0.25, 0.3) is 0 Å². The molecule has 0 aliphatic rings. The molecule has 1 heterocycles. The average molecular weight is 229 g/mol. The Kier molecular flexibility index (Phi) is 3.94. The van der Waals surface area contributed by atoms with E-state index < -0.39 is 0 Å². The topological polar surface area (TPSA) is 43.8 Å². The molecule has 0 spiro atoms. The fraction of sp³-hybridized carbons (Fsp3) is 0.357. The second kappa shape index (κ2) is 5.64. The highest BCUT2D eigenvalue weighted by molar-refractivity contribution is 5.16. The molecule has 0 aliphatic carbocycles. The van der Waals surface area contributed by atoms with Gasteiger partial charge in [0.05, 0.1) is 6.20 Å². The fourth-order valence-corrected chi connectivity index (χ4v) is 2.10. The number of nitrogens with zero attached hydrogens (tertiary/aromatic N) is 2. The van der Waals surface area contributed by atoms with Crippen LogP contribution in [0.2, 0.25) is 0 Å². The van der Waals surface area contributed by atoms with Gasteiger partial charge in [0, 0.05) is 13.2 Å². The van der Waals surface area contributed by atoms with E-state index in [2.05, 4.69) is 35.6 Å². The van der Waals surface area contributed by atoms with Crippen molar-refractivity contribution in [3.63, 3.8) is 0 Å². The first-order valence-corrected chi connectivity index (χ1v) is 5.99. The minimum absolute atomic E-state index is 0.488. The molecule has 0 aliphatic heterocycles. The molecule has 2 N–H and O–H groups in total. The van der Waals surface area contributed by atoms with Crippen molar-refractivity contribution in [2.24, 2.45) is 18.7 Å². The molecule has 3 heteroatoms. The summed E-state index contributed by atoms with van der Waals surface area (Å²) in [6.45, 7) is 0.712. The zero-order valence-electron chi connectivity index (χ0n) is 10.2. The number of nitrogens with two attached hydrogens (primary N) is 1. The Hall–Kier alpha value is -1.61. The number of rotatable bonds is 5. The van der Waals surface area contributed by atoms with Crippen LogP contribution < -0.4 is 5.73 Å². The normalized spacial score (nSPS) is 12.6. The predicted octanol–water partition coefficient (Wildman–Crippen LogP) is 1.78. The van der Waals surface area contributed by atoms with Crippen molar-refractivity contribution < 1.29 is 0 Å². The first-order valence-electron chi connectivity index (χ1n) is 5.99. The Morgan fingerprint density at radius 1 is 1.18 bits per heavy atom. The lowest BCUT2D eigenvalue weighted by Crippen LogP contribution is -2.19. The molecule has 3 nitrogen and oxygen atoms in total. The van der Waals surface area contributed by atoms with E-state index in [1.54, 1.807) is 0 Å². The van der Waals surface area contributed by atoms with Crippen LogP contribution in [0.1, 0.15) is 11.1 Å². The molecule has 2 aromatic rings. The molecule has 0 bridgehead atoms. The largest absolute Gasteiger partial charge is 0.330 e. The lowest BCUT2D eigenvalue weighted by molar-refractivity contribution is 0.533. The van der Waals surface area contributed by atoms with E-state index in [0.717, 1.165) is 12.8 Å². The van der Waals surface area contributed by atoms with E-state index in [1.807, 2.05) is 24.0 Å². The molecule has 17 heavy (non-hydrogen) atoms. The SMILES string of the molecule is Cn1cc(CC(CN)Cc2ccccc2)cn1. The van der Waals surface area contributed by atoms with Crippen LogP contribution in [0, 0.1) is 5.92 Å². The van der Waals surface area contributed by atoms with Gasteiger partial charge < -0.3 is 5.73 Å². The highest BCUT2D eigenvalue weighted by Crippen LogP contribution is 2.13. The monoisotopic (exact) mass is 229 g/mol. The summed E-state index contributed by atoms with van der Waals surface area (Å²) in [4.78, 5) is 0. The van der Waals surface area contributed by atoms with Crippen molar-refractivity contribution in [3.8, 4) is 0 Å². The highest BCUT2D eigenvalue weighted by atomic mass is 15.2. The van der Waals surface area contributed by atoms with Crippen molar-refractivity contribution >= 4 is 0 Å². The Balaban J connectivity index is 1.98. The van der Waals surface area contributed by atoms with Gasteiger partial charge in [-0.05, 0) is 36.4 Å². The lowest BCUT2D eigenvalue weighted by Gasteiger charge is -2.13. The average Bonchev–Trinajstić information content (AvgIpc) is 2.75. The zero-order chi connectivity index (χ0) is 12.1. The van der Waals surface area contributed by atoms with Crippen LogP contribution in [0.5, 0.6) is 0 Å². The third-order valence-electron chi connectivity index (χ3n) is 2.98. The minimum Gasteiger partial charge on any atom is -0.330 e. The molecule has 1 atom stereocenters. The lowest BCUT2D eigenvalue weighted by atomic mass is 9.94. The molecule has 1 aromatic heterocycles. The number of aryl methyl sites for hydroxylation is 1. The van der Waals surface area contributed by atoms with E-state index in [4.69, 9.17) is 5.73 Å². The molecule has 0 fully saturated rings. The third kappa shape index (κ3) is 3.43. The maximum atomic E-state index is 5.85. The van der Waals surface area contributed by atoms with Crippen LogP contribution in [-0.4, -0.2) is 16.3 Å². The van der Waals surface area contributed by atoms with Gasteiger partial charge in [0.2, 0.25) is 0 Å². The van der Waals surface area contributed by atoms with Crippen molar-refractivity contribution in [1.82, 2.24) is 9.78 Å². The third-order valence-corrected chi connectivity index (χ3v) is 2.98. The summed E-state index contributed by atoms with van der Waals surface area (Å²) in [6.07, 6.45) is 6.02. The Morgan fingerprint density at radius 2 is 1.88 bits per heavy atom. The van der Waals surface area contributed by atoms with Gasteiger partial charge in [0.15, 0.2) is 0 Å². The van der Waals surface area contributed by atoms with Crippen LogP contribution in [0.3, 0.4) is 0 Å². The van der Waals surface area contributed by atoms with E-state index in [0.29, 0.717) is 12.5 Å². The maximum absolute atomic E-state index is 5.85. The van der Waals surface area contributed by atoms with Gasteiger partial charge in [-0.2, -0.15) is 5.10 Å². The standard InChI is InChI=1S/C14H19N3/c1-17-11-14(10-16-17)8-13(9-15)7-12-5-3-2-4-6-12/h2-6,10-11,13H,7-9,15H2,1H3. The summed E-state index contributed by atoms with van der Waals surface area (Å²) in [5.41, 5.74) is 8.46. The molecule has 2 rings (SSSR count). The molecule has 0 saturated carbocycles. The number of benzene rings is 1. The molecule has 0 amide bonds.